The second kappa shape index (κ2) is 5.90. The molecule has 0 atom stereocenters. The Bertz CT molecular complexity index is 429. The van der Waals surface area contributed by atoms with E-state index >= 15 is 0 Å². The molecule has 5 nitrogen and oxygen atoms in total. The zero-order valence-corrected chi connectivity index (χ0v) is 12.5. The molecule has 0 unspecified atom stereocenters. The summed E-state index contributed by atoms with van der Waals surface area (Å²) in [6.07, 6.45) is 4.58. The number of hydrogen-bond donors (Lipinski definition) is 1. The Balaban J connectivity index is 1.99. The molecule has 1 aliphatic rings. The highest BCUT2D eigenvalue weighted by Crippen LogP contribution is 2.36. The maximum atomic E-state index is 5.87. The number of ether oxygens (including phenoxy) is 1. The Morgan fingerprint density at radius 3 is 2.58 bits per heavy atom. The summed E-state index contributed by atoms with van der Waals surface area (Å²) >= 11 is 5.87. The van der Waals surface area contributed by atoms with Crippen molar-refractivity contribution in [1.29, 1.82) is 0 Å². The quantitative estimate of drug-likeness (QED) is 0.919. The summed E-state index contributed by atoms with van der Waals surface area (Å²) < 4.78 is 5.83. The molecular formula is C13H21ClN4O. The third kappa shape index (κ3) is 4.20. The predicted octanol–water partition coefficient (Wildman–Crippen LogP) is 3.30. The van der Waals surface area contributed by atoms with Crippen molar-refractivity contribution < 1.29 is 4.74 Å². The van der Waals surface area contributed by atoms with Gasteiger partial charge < -0.3 is 10.1 Å². The molecule has 1 aliphatic carbocycles. The van der Waals surface area contributed by atoms with Gasteiger partial charge in [0.05, 0.1) is 0 Å². The normalized spacial score (nSPS) is 19.2. The maximum Gasteiger partial charge on any atom is 0.322 e. The van der Waals surface area contributed by atoms with Crippen LogP contribution in [0.4, 0.5) is 5.95 Å². The first-order valence-electron chi connectivity index (χ1n) is 6.80. The van der Waals surface area contributed by atoms with Gasteiger partial charge in [0.2, 0.25) is 11.2 Å². The van der Waals surface area contributed by atoms with Gasteiger partial charge in [-0.1, -0.05) is 13.8 Å². The largest absolute Gasteiger partial charge is 0.460 e. The monoisotopic (exact) mass is 284 g/mol. The summed E-state index contributed by atoms with van der Waals surface area (Å²) in [6.45, 7) is 7.30. The average molecular weight is 285 g/mol. The van der Waals surface area contributed by atoms with Crippen LogP contribution in [0.25, 0.3) is 0 Å². The molecule has 0 amide bonds. The number of hydrogen-bond acceptors (Lipinski definition) is 5. The summed E-state index contributed by atoms with van der Waals surface area (Å²) in [5.41, 5.74) is 0.422. The van der Waals surface area contributed by atoms with Gasteiger partial charge in [-0.15, -0.1) is 0 Å². The molecule has 6 heteroatoms. The van der Waals surface area contributed by atoms with Crippen molar-refractivity contribution in [1.82, 2.24) is 15.0 Å². The van der Waals surface area contributed by atoms with Gasteiger partial charge in [-0.25, -0.2) is 0 Å². The van der Waals surface area contributed by atoms with Crippen LogP contribution in [0.15, 0.2) is 0 Å². The fraction of sp³-hybridized carbons (Fsp3) is 0.769. The molecule has 1 heterocycles. The van der Waals surface area contributed by atoms with Crippen LogP contribution < -0.4 is 10.1 Å². The van der Waals surface area contributed by atoms with Crippen molar-refractivity contribution in [3.63, 3.8) is 0 Å². The lowest BCUT2D eigenvalue weighted by Crippen LogP contribution is -2.29. The maximum absolute atomic E-state index is 5.87. The van der Waals surface area contributed by atoms with Crippen molar-refractivity contribution in [2.45, 2.75) is 52.6 Å². The van der Waals surface area contributed by atoms with Gasteiger partial charge in [0.15, 0.2) is 0 Å². The zero-order valence-electron chi connectivity index (χ0n) is 11.7. The zero-order chi connectivity index (χ0) is 13.9. The van der Waals surface area contributed by atoms with Crippen LogP contribution in [0.3, 0.4) is 0 Å². The molecule has 0 spiro atoms. The highest BCUT2D eigenvalue weighted by molar-refractivity contribution is 6.28. The molecule has 2 rings (SSSR count). The first kappa shape index (κ1) is 14.3. The van der Waals surface area contributed by atoms with E-state index in [2.05, 4.69) is 34.1 Å². The number of halogens is 1. The number of aromatic nitrogens is 3. The molecule has 0 radical (unpaired) electrons. The Morgan fingerprint density at radius 2 is 1.95 bits per heavy atom. The van der Waals surface area contributed by atoms with Gasteiger partial charge in [0.1, 0.15) is 6.10 Å². The third-order valence-electron chi connectivity index (χ3n) is 3.48. The molecule has 19 heavy (non-hydrogen) atoms. The highest BCUT2D eigenvalue weighted by atomic mass is 35.5. The number of nitrogens with zero attached hydrogens (tertiary/aromatic N) is 3. The van der Waals surface area contributed by atoms with E-state index < -0.39 is 0 Å². The van der Waals surface area contributed by atoms with Crippen LogP contribution in [0.1, 0.15) is 46.5 Å². The summed E-state index contributed by atoms with van der Waals surface area (Å²) in [5.74, 6) is 0.466. The van der Waals surface area contributed by atoms with Crippen LogP contribution in [0.5, 0.6) is 6.01 Å². The predicted molar refractivity (Wildman–Crippen MR) is 75.7 cm³/mol. The molecule has 0 saturated heterocycles. The average Bonchev–Trinajstić information content (AvgIpc) is 2.32. The molecule has 106 valence electrons. The Labute approximate surface area is 119 Å². The number of rotatable bonds is 4. The van der Waals surface area contributed by atoms with Crippen molar-refractivity contribution >= 4 is 17.5 Å². The van der Waals surface area contributed by atoms with Crippen molar-refractivity contribution in [3.8, 4) is 6.01 Å². The van der Waals surface area contributed by atoms with E-state index in [-0.39, 0.29) is 11.4 Å². The minimum Gasteiger partial charge on any atom is -0.460 e. The Hall–Kier alpha value is -1.10. The van der Waals surface area contributed by atoms with Crippen molar-refractivity contribution in [2.24, 2.45) is 5.41 Å². The lowest BCUT2D eigenvalue weighted by atomic mass is 9.76. The number of nitrogens with one attached hydrogen (secondary N) is 1. The van der Waals surface area contributed by atoms with Crippen molar-refractivity contribution in [2.75, 3.05) is 11.9 Å². The van der Waals surface area contributed by atoms with Crippen LogP contribution in [-0.4, -0.2) is 27.6 Å². The van der Waals surface area contributed by atoms with E-state index in [0.717, 1.165) is 32.2 Å². The molecule has 0 bridgehead atoms. The molecule has 0 aliphatic heterocycles. The number of anilines is 1. The van der Waals surface area contributed by atoms with Gasteiger partial charge in [-0.3, -0.25) is 0 Å². The molecule has 1 aromatic rings. The second-order valence-electron chi connectivity index (χ2n) is 5.72. The topological polar surface area (TPSA) is 59.9 Å². The van der Waals surface area contributed by atoms with Crippen molar-refractivity contribution in [3.05, 3.63) is 5.28 Å². The fourth-order valence-electron chi connectivity index (χ4n) is 2.26. The first-order valence-corrected chi connectivity index (χ1v) is 7.18. The van der Waals surface area contributed by atoms with Gasteiger partial charge in [0.25, 0.3) is 0 Å². The summed E-state index contributed by atoms with van der Waals surface area (Å²) in [7, 11) is 0. The van der Waals surface area contributed by atoms with Crippen LogP contribution in [-0.2, 0) is 0 Å². The molecule has 1 N–H and O–H groups in total. The minimum atomic E-state index is 0.164. The lowest BCUT2D eigenvalue weighted by molar-refractivity contribution is 0.0906. The SMILES string of the molecule is CCNc1nc(Cl)nc(OC2CCC(C)(C)CC2)n1. The van der Waals surface area contributed by atoms with E-state index in [1.54, 1.807) is 0 Å². The van der Waals surface area contributed by atoms with Crippen LogP contribution >= 0.6 is 11.6 Å². The first-order chi connectivity index (χ1) is 8.98. The van der Waals surface area contributed by atoms with Crippen LogP contribution in [0, 0.1) is 5.41 Å². The summed E-state index contributed by atoms with van der Waals surface area (Å²) in [5, 5.41) is 3.18. The highest BCUT2D eigenvalue weighted by Gasteiger charge is 2.28. The third-order valence-corrected chi connectivity index (χ3v) is 3.65. The fourth-order valence-corrected chi connectivity index (χ4v) is 2.41. The standard InChI is InChI=1S/C13H21ClN4O/c1-4-15-11-16-10(14)17-12(18-11)19-9-5-7-13(2,3)8-6-9/h9H,4-8H2,1-3H3,(H,15,16,17,18). The minimum absolute atomic E-state index is 0.164. The second-order valence-corrected chi connectivity index (χ2v) is 6.06. The summed E-state index contributed by atoms with van der Waals surface area (Å²) in [4.78, 5) is 12.2. The van der Waals surface area contributed by atoms with Gasteiger partial charge in [0, 0.05) is 6.54 Å². The van der Waals surface area contributed by atoms with E-state index in [9.17, 15) is 0 Å². The Kier molecular flexibility index (Phi) is 4.45. The van der Waals surface area contributed by atoms with Gasteiger partial charge >= 0.3 is 6.01 Å². The lowest BCUT2D eigenvalue weighted by Gasteiger charge is -2.33. The Morgan fingerprint density at radius 1 is 1.26 bits per heavy atom. The molecule has 1 fully saturated rings. The molecule has 0 aromatic carbocycles. The van der Waals surface area contributed by atoms with Gasteiger partial charge in [-0.05, 0) is 49.6 Å². The van der Waals surface area contributed by atoms with E-state index in [1.165, 1.54) is 0 Å². The molecule has 1 aromatic heterocycles. The smallest absolute Gasteiger partial charge is 0.322 e. The molecule has 1 saturated carbocycles. The van der Waals surface area contributed by atoms with Gasteiger partial charge in [-0.2, -0.15) is 15.0 Å². The van der Waals surface area contributed by atoms with E-state index in [4.69, 9.17) is 16.3 Å². The van der Waals surface area contributed by atoms with Crippen LogP contribution in [0.2, 0.25) is 5.28 Å². The van der Waals surface area contributed by atoms with E-state index in [0.29, 0.717) is 17.4 Å². The molecular weight excluding hydrogens is 264 g/mol. The summed E-state index contributed by atoms with van der Waals surface area (Å²) in [6, 6.07) is 0.320. The van der Waals surface area contributed by atoms with E-state index in [1.807, 2.05) is 6.92 Å².